The van der Waals surface area contributed by atoms with Crippen molar-refractivity contribution in [2.75, 3.05) is 7.11 Å². The third-order valence-electron chi connectivity index (χ3n) is 3.81. The lowest BCUT2D eigenvalue weighted by atomic mass is 10.1. The predicted octanol–water partition coefficient (Wildman–Crippen LogP) is 2.81. The van der Waals surface area contributed by atoms with Gasteiger partial charge >= 0.3 is 11.9 Å². The SMILES string of the molecule is COC(=O)c1ccc(CS(=O)C(CCc2ccccc2)C(=O)O)cc1. The summed E-state index contributed by atoms with van der Waals surface area (Å²) in [4.78, 5) is 22.9. The molecule has 0 bridgehead atoms. The van der Waals surface area contributed by atoms with Gasteiger partial charge in [0.15, 0.2) is 0 Å². The van der Waals surface area contributed by atoms with Crippen LogP contribution in [-0.4, -0.2) is 33.6 Å². The molecule has 2 rings (SSSR count). The molecular weight excluding hydrogens is 340 g/mol. The van der Waals surface area contributed by atoms with Crippen molar-refractivity contribution >= 4 is 22.7 Å². The molecule has 6 heteroatoms. The van der Waals surface area contributed by atoms with Crippen LogP contribution in [0.25, 0.3) is 0 Å². The van der Waals surface area contributed by atoms with Gasteiger partial charge in [0, 0.05) is 16.6 Å². The topological polar surface area (TPSA) is 80.7 Å². The number of carbonyl (C=O) groups is 2. The molecular formula is C19H20O5S. The van der Waals surface area contributed by atoms with Gasteiger partial charge in [-0.2, -0.15) is 0 Å². The Labute approximate surface area is 149 Å². The first-order chi connectivity index (χ1) is 12.0. The molecule has 0 saturated heterocycles. The van der Waals surface area contributed by atoms with Gasteiger partial charge in [-0.1, -0.05) is 42.5 Å². The van der Waals surface area contributed by atoms with Crippen molar-refractivity contribution in [3.8, 4) is 0 Å². The largest absolute Gasteiger partial charge is 0.480 e. The molecule has 0 aliphatic rings. The van der Waals surface area contributed by atoms with Crippen molar-refractivity contribution in [1.82, 2.24) is 0 Å². The number of hydrogen-bond acceptors (Lipinski definition) is 4. The molecule has 2 aromatic carbocycles. The number of benzene rings is 2. The number of carboxylic acids is 1. The third-order valence-corrected chi connectivity index (χ3v) is 5.50. The highest BCUT2D eigenvalue weighted by Crippen LogP contribution is 2.15. The summed E-state index contributed by atoms with van der Waals surface area (Å²) in [5.74, 6) is -1.37. The molecule has 25 heavy (non-hydrogen) atoms. The Balaban J connectivity index is 2.00. The summed E-state index contributed by atoms with van der Waals surface area (Å²) in [5.41, 5.74) is 2.14. The number of rotatable bonds is 8. The molecule has 0 spiro atoms. The monoisotopic (exact) mass is 360 g/mol. The number of carbonyl (C=O) groups excluding carboxylic acids is 1. The lowest BCUT2D eigenvalue weighted by Gasteiger charge is -2.12. The Morgan fingerprint density at radius 1 is 1.04 bits per heavy atom. The van der Waals surface area contributed by atoms with Gasteiger partial charge in [-0.15, -0.1) is 0 Å². The van der Waals surface area contributed by atoms with Gasteiger partial charge in [0.1, 0.15) is 5.25 Å². The lowest BCUT2D eigenvalue weighted by molar-refractivity contribution is -0.136. The normalized spacial score (nSPS) is 13.0. The molecule has 0 aromatic heterocycles. The highest BCUT2D eigenvalue weighted by atomic mass is 32.2. The number of ether oxygens (including phenoxy) is 1. The first-order valence-electron chi connectivity index (χ1n) is 7.82. The molecule has 0 radical (unpaired) electrons. The molecule has 2 aromatic rings. The lowest BCUT2D eigenvalue weighted by Crippen LogP contribution is -2.27. The summed E-state index contributed by atoms with van der Waals surface area (Å²) in [7, 11) is -0.246. The number of aliphatic carboxylic acids is 1. The Morgan fingerprint density at radius 3 is 2.24 bits per heavy atom. The predicted molar refractivity (Wildman–Crippen MR) is 95.8 cm³/mol. The fourth-order valence-electron chi connectivity index (χ4n) is 2.43. The van der Waals surface area contributed by atoms with Crippen molar-refractivity contribution in [1.29, 1.82) is 0 Å². The quantitative estimate of drug-likeness (QED) is 0.732. The van der Waals surface area contributed by atoms with E-state index < -0.39 is 28.0 Å². The van der Waals surface area contributed by atoms with Crippen LogP contribution in [0, 0.1) is 0 Å². The van der Waals surface area contributed by atoms with Crippen LogP contribution in [0.2, 0.25) is 0 Å². The van der Waals surface area contributed by atoms with E-state index in [0.29, 0.717) is 18.4 Å². The molecule has 0 aliphatic carbocycles. The smallest absolute Gasteiger partial charge is 0.337 e. The molecule has 0 aliphatic heterocycles. The van der Waals surface area contributed by atoms with Crippen molar-refractivity contribution < 1.29 is 23.6 Å². The second kappa shape index (κ2) is 9.13. The Kier molecular flexibility index (Phi) is 6.89. The van der Waals surface area contributed by atoms with Crippen LogP contribution in [0.5, 0.6) is 0 Å². The maximum atomic E-state index is 12.5. The maximum Gasteiger partial charge on any atom is 0.337 e. The summed E-state index contributed by atoms with van der Waals surface area (Å²) in [6.07, 6.45) is 0.872. The number of methoxy groups -OCH3 is 1. The fraction of sp³-hybridized carbons (Fsp3) is 0.263. The van der Waals surface area contributed by atoms with Crippen molar-refractivity contribution in [3.05, 3.63) is 71.3 Å². The highest BCUT2D eigenvalue weighted by Gasteiger charge is 2.24. The summed E-state index contributed by atoms with van der Waals surface area (Å²) in [5, 5.41) is 8.46. The van der Waals surface area contributed by atoms with Crippen LogP contribution in [0.3, 0.4) is 0 Å². The van der Waals surface area contributed by atoms with E-state index >= 15 is 0 Å². The average molecular weight is 360 g/mol. The molecule has 132 valence electrons. The molecule has 0 saturated carbocycles. The van der Waals surface area contributed by atoms with Gasteiger partial charge in [0.2, 0.25) is 0 Å². The van der Waals surface area contributed by atoms with Crippen molar-refractivity contribution in [2.24, 2.45) is 0 Å². The zero-order valence-electron chi connectivity index (χ0n) is 13.9. The minimum absolute atomic E-state index is 0.132. The molecule has 2 atom stereocenters. The van der Waals surface area contributed by atoms with Gasteiger partial charge in [-0.25, -0.2) is 4.79 Å². The zero-order valence-corrected chi connectivity index (χ0v) is 14.7. The van der Waals surface area contributed by atoms with Crippen molar-refractivity contribution in [2.45, 2.75) is 23.8 Å². The minimum Gasteiger partial charge on any atom is -0.480 e. The maximum absolute atomic E-state index is 12.5. The first kappa shape index (κ1) is 18.9. The van der Waals surface area contributed by atoms with Crippen LogP contribution in [0.15, 0.2) is 54.6 Å². The number of esters is 1. The summed E-state index contributed by atoms with van der Waals surface area (Å²) >= 11 is 0. The molecule has 0 heterocycles. The van der Waals surface area contributed by atoms with Crippen LogP contribution >= 0.6 is 0 Å². The third kappa shape index (κ3) is 5.53. The Morgan fingerprint density at radius 2 is 1.68 bits per heavy atom. The number of hydrogen-bond donors (Lipinski definition) is 1. The van der Waals surface area contributed by atoms with E-state index in [1.807, 2.05) is 30.3 Å². The van der Waals surface area contributed by atoms with E-state index in [4.69, 9.17) is 0 Å². The number of carboxylic acid groups (broad SMARTS) is 1. The summed E-state index contributed by atoms with van der Waals surface area (Å²) in [6, 6.07) is 16.0. The van der Waals surface area contributed by atoms with Gasteiger partial charge in [-0.05, 0) is 36.1 Å². The van der Waals surface area contributed by atoms with Gasteiger partial charge in [0.05, 0.1) is 12.7 Å². The van der Waals surface area contributed by atoms with E-state index in [1.54, 1.807) is 24.3 Å². The molecule has 0 amide bonds. The van der Waals surface area contributed by atoms with Gasteiger partial charge < -0.3 is 9.84 Å². The second-order valence-electron chi connectivity index (χ2n) is 5.56. The van der Waals surface area contributed by atoms with Crippen LogP contribution in [0.1, 0.15) is 27.9 Å². The van der Waals surface area contributed by atoms with E-state index in [0.717, 1.165) is 11.1 Å². The van der Waals surface area contributed by atoms with Crippen molar-refractivity contribution in [3.63, 3.8) is 0 Å². The van der Waals surface area contributed by atoms with Gasteiger partial charge in [-0.3, -0.25) is 9.00 Å². The molecule has 5 nitrogen and oxygen atoms in total. The Bertz CT molecular complexity index is 740. The first-order valence-corrected chi connectivity index (χ1v) is 9.20. The summed E-state index contributed by atoms with van der Waals surface area (Å²) in [6.45, 7) is 0. The van der Waals surface area contributed by atoms with Gasteiger partial charge in [0.25, 0.3) is 0 Å². The van der Waals surface area contributed by atoms with Crippen LogP contribution < -0.4 is 0 Å². The van der Waals surface area contributed by atoms with Crippen LogP contribution in [-0.2, 0) is 32.5 Å². The highest BCUT2D eigenvalue weighted by molar-refractivity contribution is 7.85. The zero-order chi connectivity index (χ0) is 18.2. The molecule has 0 fully saturated rings. The molecule has 1 N–H and O–H groups in total. The number of aryl methyl sites for hydroxylation is 1. The minimum atomic E-state index is -1.55. The van der Waals surface area contributed by atoms with E-state index in [-0.39, 0.29) is 5.75 Å². The Hall–Kier alpha value is -2.47. The summed E-state index contributed by atoms with van der Waals surface area (Å²) < 4.78 is 17.1. The van der Waals surface area contributed by atoms with E-state index in [9.17, 15) is 18.9 Å². The standard InChI is InChI=1S/C19H20O5S/c1-24-19(22)16-10-7-15(8-11-16)13-25(23)17(18(20)21)12-9-14-5-3-2-4-6-14/h2-8,10-11,17H,9,12-13H2,1H3,(H,20,21). The average Bonchev–Trinajstić information content (AvgIpc) is 2.62. The second-order valence-corrected chi connectivity index (χ2v) is 7.18. The fourth-order valence-corrected chi connectivity index (χ4v) is 3.76. The van der Waals surface area contributed by atoms with E-state index in [1.165, 1.54) is 7.11 Å². The van der Waals surface area contributed by atoms with Crippen LogP contribution in [0.4, 0.5) is 0 Å². The van der Waals surface area contributed by atoms with E-state index in [2.05, 4.69) is 4.74 Å². The molecule has 2 unspecified atom stereocenters.